The van der Waals surface area contributed by atoms with Crippen LogP contribution in [-0.4, -0.2) is 90.5 Å². The summed E-state index contributed by atoms with van der Waals surface area (Å²) in [6, 6.07) is 16.6. The number of oxime groups is 1. The van der Waals surface area contributed by atoms with E-state index in [9.17, 15) is 28.2 Å². The lowest BCUT2D eigenvalue weighted by Gasteiger charge is -2.49. The van der Waals surface area contributed by atoms with Gasteiger partial charge in [0.15, 0.2) is 16.9 Å². The summed E-state index contributed by atoms with van der Waals surface area (Å²) >= 11 is 1.02. The second-order valence-electron chi connectivity index (χ2n) is 10.6. The second kappa shape index (κ2) is 15.0. The van der Waals surface area contributed by atoms with Crippen molar-refractivity contribution >= 4 is 63.3 Å². The molecule has 4 aromatic rings. The van der Waals surface area contributed by atoms with E-state index in [1.54, 1.807) is 48.5 Å². The molecule has 1 saturated heterocycles. The summed E-state index contributed by atoms with van der Waals surface area (Å²) in [6.07, 6.45) is 2.67. The van der Waals surface area contributed by atoms with Gasteiger partial charge < -0.3 is 24.9 Å². The fourth-order valence-corrected chi connectivity index (χ4v) is 7.62. The molecular formula is C32H27N7O9S2. The van der Waals surface area contributed by atoms with E-state index in [1.165, 1.54) is 31.2 Å². The molecule has 3 amide bonds. The number of aromatic nitrogens is 3. The predicted octanol–water partition coefficient (Wildman–Crippen LogP) is 1.95. The van der Waals surface area contributed by atoms with Crippen LogP contribution in [0.5, 0.6) is 0 Å². The molecule has 16 nitrogen and oxygen atoms in total. The summed E-state index contributed by atoms with van der Waals surface area (Å²) in [7, 11) is -0.671. The van der Waals surface area contributed by atoms with Gasteiger partial charge in [0.25, 0.3) is 11.8 Å². The third-order valence-electron chi connectivity index (χ3n) is 7.53. The number of carbonyl (C=O) groups is 5. The van der Waals surface area contributed by atoms with Crippen molar-refractivity contribution in [2.75, 3.05) is 24.8 Å². The highest BCUT2D eigenvalue weighted by molar-refractivity contribution is 7.86. The Labute approximate surface area is 290 Å². The number of carbonyl (C=O) groups excluding carboxylic acids is 5. The van der Waals surface area contributed by atoms with Gasteiger partial charge in [0.1, 0.15) is 42.9 Å². The Morgan fingerprint density at radius 1 is 1.12 bits per heavy atom. The molecule has 2 N–H and O–H groups in total. The van der Waals surface area contributed by atoms with Crippen molar-refractivity contribution < 1.29 is 42.5 Å². The van der Waals surface area contributed by atoms with Gasteiger partial charge in [-0.05, 0) is 11.1 Å². The van der Waals surface area contributed by atoms with Crippen molar-refractivity contribution in [3.8, 4) is 0 Å². The molecule has 3 atom stereocenters. The first-order valence-corrected chi connectivity index (χ1v) is 17.0. The molecule has 6 rings (SSSR count). The van der Waals surface area contributed by atoms with Gasteiger partial charge in [-0.1, -0.05) is 65.8 Å². The van der Waals surface area contributed by atoms with Gasteiger partial charge in [-0.25, -0.2) is 24.1 Å². The van der Waals surface area contributed by atoms with Crippen molar-refractivity contribution in [1.82, 2.24) is 24.8 Å². The van der Waals surface area contributed by atoms with Crippen molar-refractivity contribution in [2.45, 2.75) is 17.5 Å². The number of benzene rings is 2. The van der Waals surface area contributed by atoms with E-state index in [2.05, 4.69) is 25.8 Å². The molecule has 4 heterocycles. The molecule has 256 valence electrons. The number of ether oxygens (including phenoxy) is 2. The number of esters is 1. The van der Waals surface area contributed by atoms with E-state index in [-0.39, 0.29) is 33.6 Å². The van der Waals surface area contributed by atoms with Gasteiger partial charge in [-0.2, -0.15) is 0 Å². The van der Waals surface area contributed by atoms with Crippen LogP contribution in [-0.2, 0) is 44.3 Å². The van der Waals surface area contributed by atoms with E-state index in [4.69, 9.17) is 14.3 Å². The number of hydrogen-bond donors (Lipinski definition) is 2. The van der Waals surface area contributed by atoms with E-state index >= 15 is 0 Å². The highest BCUT2D eigenvalue weighted by Gasteiger charge is 2.58. The van der Waals surface area contributed by atoms with Crippen LogP contribution in [0.25, 0.3) is 0 Å². The number of hydrogen-bond acceptors (Lipinski definition) is 13. The molecule has 2 aliphatic rings. The molecule has 50 heavy (non-hydrogen) atoms. The van der Waals surface area contributed by atoms with Crippen LogP contribution in [0.1, 0.15) is 22.9 Å². The maximum atomic E-state index is 14.2. The Balaban J connectivity index is 1.30. The molecule has 0 aliphatic carbocycles. The van der Waals surface area contributed by atoms with Crippen LogP contribution in [0.15, 0.2) is 101 Å². The minimum absolute atomic E-state index is 0.0473. The normalized spacial score (nSPS) is 18.5. The number of fused-ring (bicyclic) bond motifs is 1. The van der Waals surface area contributed by atoms with E-state index in [1.807, 2.05) is 12.1 Å². The van der Waals surface area contributed by atoms with Crippen LogP contribution in [0.2, 0.25) is 0 Å². The summed E-state index contributed by atoms with van der Waals surface area (Å²) in [5, 5.41) is 9.07. The number of rotatable bonds is 12. The largest absolute Gasteiger partial charge is 0.448 e. The lowest BCUT2D eigenvalue weighted by molar-refractivity contribution is -0.154. The number of amides is 3. The third kappa shape index (κ3) is 6.92. The monoisotopic (exact) mass is 717 g/mol. The summed E-state index contributed by atoms with van der Waals surface area (Å²) in [4.78, 5) is 78.5. The molecule has 0 saturated carbocycles. The minimum Gasteiger partial charge on any atom is -0.448 e. The Morgan fingerprint density at radius 2 is 1.82 bits per heavy atom. The zero-order chi connectivity index (χ0) is 35.2. The smallest absolute Gasteiger partial charge is 0.419 e. The number of nitrogens with zero attached hydrogens (tertiary/aromatic N) is 5. The molecule has 0 bridgehead atoms. The Morgan fingerprint density at radius 3 is 2.44 bits per heavy atom. The maximum absolute atomic E-state index is 14.2. The lowest BCUT2D eigenvalue weighted by atomic mass is 10.0. The highest BCUT2D eigenvalue weighted by Crippen LogP contribution is 2.37. The Bertz CT molecular complexity index is 1960. The van der Waals surface area contributed by atoms with Crippen molar-refractivity contribution in [3.05, 3.63) is 113 Å². The van der Waals surface area contributed by atoms with Crippen molar-refractivity contribution in [2.24, 2.45) is 5.16 Å². The Kier molecular flexibility index (Phi) is 10.2. The van der Waals surface area contributed by atoms with E-state index < -0.39 is 58.8 Å². The fraction of sp³-hybridized carbons (Fsp3) is 0.188. The van der Waals surface area contributed by atoms with Crippen LogP contribution >= 0.6 is 11.3 Å². The summed E-state index contributed by atoms with van der Waals surface area (Å²) in [5.41, 5.74) is 0.855. The lowest BCUT2D eigenvalue weighted by Crippen LogP contribution is -2.74. The molecule has 0 radical (unpaired) electrons. The molecule has 0 spiro atoms. The average Bonchev–Trinajstić information content (AvgIpc) is 3.85. The SMILES string of the molecule is CO/N=C(\C(=O)NC1C(=O)N2C(C(=O)OC(c3ccccc3)c3ccccc3)=C(COC(=O)n3ccnc3)CS(=O)[C@H]12)c1csc(NC=O)n1. The van der Waals surface area contributed by atoms with E-state index in [0.29, 0.717) is 17.5 Å². The second-order valence-corrected chi connectivity index (χ2v) is 13.0. The van der Waals surface area contributed by atoms with Gasteiger partial charge in [-0.3, -0.25) is 23.5 Å². The number of imidazole rings is 1. The number of thiazole rings is 1. The summed E-state index contributed by atoms with van der Waals surface area (Å²) in [5.74, 6) is -2.87. The molecule has 2 aromatic carbocycles. The molecule has 2 unspecified atom stereocenters. The number of anilines is 1. The summed E-state index contributed by atoms with van der Waals surface area (Å²) in [6.45, 7) is -0.492. The Hall–Kier alpha value is -6.01. The van der Waals surface area contributed by atoms with Gasteiger partial charge in [-0.15, -0.1) is 11.3 Å². The maximum Gasteiger partial charge on any atom is 0.419 e. The minimum atomic E-state index is -1.88. The van der Waals surface area contributed by atoms with Crippen molar-refractivity contribution in [1.29, 1.82) is 0 Å². The topological polar surface area (TPSA) is 200 Å². The quantitative estimate of drug-likeness (QED) is 0.0714. The van der Waals surface area contributed by atoms with Crippen LogP contribution in [0.4, 0.5) is 9.93 Å². The fourth-order valence-electron chi connectivity index (χ4n) is 5.29. The standard InChI is InChI=1S/C32H27N7O9S2/c1-46-37-23(22-15-49-31(35-22)34-18-40)27(41)36-24-28(42)39-25(21(16-50(45)29(24)39)14-47-32(44)38-13-12-33-17-38)30(43)48-26(19-8-4-2-5-9-19)20-10-6-3-7-11-20/h2-13,15,17-18,24,26,29H,14,16H2,1H3,(H,36,41)(H,34,35,40)/b37-23-/t24?,29-,50?/m1/s1. The zero-order valence-corrected chi connectivity index (χ0v) is 27.7. The number of β-lactam (4-membered cyclic amide) rings is 1. The van der Waals surface area contributed by atoms with E-state index in [0.717, 1.165) is 20.8 Å². The average molecular weight is 718 g/mol. The molecule has 1 fully saturated rings. The molecule has 18 heteroatoms. The first kappa shape index (κ1) is 33.9. The van der Waals surface area contributed by atoms with Crippen molar-refractivity contribution in [3.63, 3.8) is 0 Å². The number of nitrogens with one attached hydrogen (secondary N) is 2. The zero-order valence-electron chi connectivity index (χ0n) is 26.0. The van der Waals surface area contributed by atoms with Crippen LogP contribution in [0.3, 0.4) is 0 Å². The predicted molar refractivity (Wildman–Crippen MR) is 178 cm³/mol. The molecule has 2 aromatic heterocycles. The molecular weight excluding hydrogens is 691 g/mol. The first-order chi connectivity index (χ1) is 24.3. The van der Waals surface area contributed by atoms with Gasteiger partial charge >= 0.3 is 12.1 Å². The highest BCUT2D eigenvalue weighted by atomic mass is 32.2. The van der Waals surface area contributed by atoms with Gasteiger partial charge in [0, 0.05) is 23.3 Å². The molecule has 2 aliphatic heterocycles. The van der Waals surface area contributed by atoms with Gasteiger partial charge in [0.05, 0.1) is 16.6 Å². The van der Waals surface area contributed by atoms with Gasteiger partial charge in [0.2, 0.25) is 6.41 Å². The van der Waals surface area contributed by atoms with Crippen LogP contribution < -0.4 is 10.6 Å². The third-order valence-corrected chi connectivity index (χ3v) is 9.95. The summed E-state index contributed by atoms with van der Waals surface area (Å²) < 4.78 is 26.2. The first-order valence-electron chi connectivity index (χ1n) is 14.8. The van der Waals surface area contributed by atoms with Crippen LogP contribution in [0, 0.1) is 0 Å².